The van der Waals surface area contributed by atoms with Crippen LogP contribution in [0, 0.1) is 11.8 Å². The number of sulfonamides is 1. The molecule has 172 valence electrons. The van der Waals surface area contributed by atoms with Crippen molar-refractivity contribution in [1.29, 1.82) is 0 Å². The van der Waals surface area contributed by atoms with Gasteiger partial charge in [-0.2, -0.15) is 4.31 Å². The first-order valence-electron chi connectivity index (χ1n) is 11.6. The zero-order chi connectivity index (χ0) is 22.6. The molecule has 32 heavy (non-hydrogen) atoms. The molecule has 0 aromatic heterocycles. The van der Waals surface area contributed by atoms with Crippen molar-refractivity contribution < 1.29 is 13.2 Å². The standard InChI is InChI=1S/C25H33N3O3S/c1-20-6-5-15-27(19-20)23-11-9-21(10-12-23)18-26-25(29)22-13-16-28(17-14-22)32(30,31)24-7-3-2-4-8-24/h2-4,7-12,20,22H,5-6,13-19H2,1H3,(H,26,29)/t20-/m1/s1. The van der Waals surface area contributed by atoms with Crippen molar-refractivity contribution in [2.45, 2.75) is 44.0 Å². The molecule has 0 bridgehead atoms. The molecule has 2 fully saturated rings. The lowest BCUT2D eigenvalue weighted by Crippen LogP contribution is -2.42. The van der Waals surface area contributed by atoms with E-state index in [2.05, 4.69) is 41.4 Å². The smallest absolute Gasteiger partial charge is 0.243 e. The second-order valence-electron chi connectivity index (χ2n) is 9.07. The van der Waals surface area contributed by atoms with Gasteiger partial charge in [0.1, 0.15) is 0 Å². The van der Waals surface area contributed by atoms with E-state index in [0.29, 0.717) is 37.4 Å². The van der Waals surface area contributed by atoms with Crippen molar-refractivity contribution in [1.82, 2.24) is 9.62 Å². The summed E-state index contributed by atoms with van der Waals surface area (Å²) in [5.41, 5.74) is 2.33. The molecular formula is C25H33N3O3S. The van der Waals surface area contributed by atoms with E-state index in [9.17, 15) is 13.2 Å². The van der Waals surface area contributed by atoms with Gasteiger partial charge in [-0.3, -0.25) is 4.79 Å². The van der Waals surface area contributed by atoms with Crippen molar-refractivity contribution in [2.75, 3.05) is 31.1 Å². The van der Waals surface area contributed by atoms with Gasteiger partial charge in [0.2, 0.25) is 15.9 Å². The lowest BCUT2D eigenvalue weighted by molar-refractivity contribution is -0.126. The number of benzene rings is 2. The molecule has 2 aliphatic heterocycles. The fraction of sp³-hybridized carbons (Fsp3) is 0.480. The first-order valence-corrected chi connectivity index (χ1v) is 13.0. The molecule has 1 atom stereocenters. The maximum absolute atomic E-state index is 12.8. The molecule has 2 aromatic rings. The molecule has 2 aromatic carbocycles. The molecule has 6 nitrogen and oxygen atoms in total. The monoisotopic (exact) mass is 455 g/mol. The molecular weight excluding hydrogens is 422 g/mol. The van der Waals surface area contributed by atoms with Crippen LogP contribution in [0.2, 0.25) is 0 Å². The predicted molar refractivity (Wildman–Crippen MR) is 127 cm³/mol. The summed E-state index contributed by atoms with van der Waals surface area (Å²) in [6.45, 7) is 5.76. The van der Waals surface area contributed by atoms with Crippen LogP contribution in [0.5, 0.6) is 0 Å². The van der Waals surface area contributed by atoms with Gasteiger partial charge >= 0.3 is 0 Å². The predicted octanol–water partition coefficient (Wildman–Crippen LogP) is 3.64. The summed E-state index contributed by atoms with van der Waals surface area (Å²) in [4.78, 5) is 15.4. The summed E-state index contributed by atoms with van der Waals surface area (Å²) in [5, 5.41) is 3.04. The Bertz CT molecular complexity index is 1000. The Kier molecular flexibility index (Phi) is 7.16. The molecule has 0 unspecified atom stereocenters. The van der Waals surface area contributed by atoms with Crippen molar-refractivity contribution in [2.24, 2.45) is 11.8 Å². The maximum atomic E-state index is 12.8. The average Bonchev–Trinajstić information content (AvgIpc) is 2.83. The third-order valence-electron chi connectivity index (χ3n) is 6.63. The summed E-state index contributed by atoms with van der Waals surface area (Å²) < 4.78 is 27.0. The number of carbonyl (C=O) groups is 1. The number of nitrogens with zero attached hydrogens (tertiary/aromatic N) is 2. The lowest BCUT2D eigenvalue weighted by atomic mass is 9.97. The number of amides is 1. The molecule has 2 saturated heterocycles. The van der Waals surface area contributed by atoms with Crippen LogP contribution in [0.1, 0.15) is 38.2 Å². The first-order chi connectivity index (χ1) is 15.4. The fourth-order valence-electron chi connectivity index (χ4n) is 4.68. The van der Waals surface area contributed by atoms with E-state index >= 15 is 0 Å². The van der Waals surface area contributed by atoms with E-state index in [4.69, 9.17) is 0 Å². The van der Waals surface area contributed by atoms with Crippen molar-refractivity contribution in [3.63, 3.8) is 0 Å². The topological polar surface area (TPSA) is 69.7 Å². The van der Waals surface area contributed by atoms with Crippen LogP contribution < -0.4 is 10.2 Å². The van der Waals surface area contributed by atoms with E-state index in [1.165, 1.54) is 22.8 Å². The van der Waals surface area contributed by atoms with Gasteiger partial charge in [0, 0.05) is 44.3 Å². The number of piperidine rings is 2. The summed E-state index contributed by atoms with van der Waals surface area (Å²) >= 11 is 0. The Morgan fingerprint density at radius 2 is 1.66 bits per heavy atom. The van der Waals surface area contributed by atoms with Gasteiger partial charge in [-0.1, -0.05) is 37.3 Å². The van der Waals surface area contributed by atoms with Gasteiger partial charge in [0.05, 0.1) is 4.90 Å². The van der Waals surface area contributed by atoms with Gasteiger partial charge in [-0.15, -0.1) is 0 Å². The lowest BCUT2D eigenvalue weighted by Gasteiger charge is -2.33. The van der Waals surface area contributed by atoms with Crippen molar-refractivity contribution >= 4 is 21.6 Å². The molecule has 0 spiro atoms. The largest absolute Gasteiger partial charge is 0.371 e. The molecule has 0 saturated carbocycles. The Balaban J connectivity index is 1.26. The van der Waals surface area contributed by atoms with Crippen LogP contribution in [0.3, 0.4) is 0 Å². The number of rotatable bonds is 6. The zero-order valence-electron chi connectivity index (χ0n) is 18.7. The number of nitrogens with one attached hydrogen (secondary N) is 1. The molecule has 2 heterocycles. The second-order valence-corrected chi connectivity index (χ2v) is 11.0. The number of hydrogen-bond donors (Lipinski definition) is 1. The number of carbonyl (C=O) groups excluding carboxylic acids is 1. The third kappa shape index (κ3) is 5.33. The third-order valence-corrected chi connectivity index (χ3v) is 8.54. The summed E-state index contributed by atoms with van der Waals surface area (Å²) in [7, 11) is -3.49. The summed E-state index contributed by atoms with van der Waals surface area (Å²) in [6.07, 6.45) is 3.64. The second kappa shape index (κ2) is 10.0. The number of anilines is 1. The Morgan fingerprint density at radius 1 is 0.969 bits per heavy atom. The van der Waals surface area contributed by atoms with E-state index in [0.717, 1.165) is 24.6 Å². The van der Waals surface area contributed by atoms with Gasteiger partial charge in [-0.25, -0.2) is 8.42 Å². The molecule has 0 aliphatic carbocycles. The van der Waals surface area contributed by atoms with Crippen LogP contribution in [-0.4, -0.2) is 44.8 Å². The minimum Gasteiger partial charge on any atom is -0.371 e. The van der Waals surface area contributed by atoms with Crippen molar-refractivity contribution in [3.8, 4) is 0 Å². The molecule has 4 rings (SSSR count). The van der Waals surface area contributed by atoms with Gasteiger partial charge < -0.3 is 10.2 Å². The van der Waals surface area contributed by atoms with E-state index in [1.807, 2.05) is 0 Å². The molecule has 7 heteroatoms. The van der Waals surface area contributed by atoms with Gasteiger partial charge in [-0.05, 0) is 61.4 Å². The van der Waals surface area contributed by atoms with Gasteiger partial charge in [0.25, 0.3) is 0 Å². The zero-order valence-corrected chi connectivity index (χ0v) is 19.6. The Morgan fingerprint density at radius 3 is 2.31 bits per heavy atom. The highest BCUT2D eigenvalue weighted by atomic mass is 32.2. The normalized spacial score (nSPS) is 20.8. The molecule has 2 aliphatic rings. The SMILES string of the molecule is C[C@@H]1CCCN(c2ccc(CNC(=O)C3CCN(S(=O)(=O)c4ccccc4)CC3)cc2)C1. The van der Waals surface area contributed by atoms with Crippen LogP contribution >= 0.6 is 0 Å². The maximum Gasteiger partial charge on any atom is 0.243 e. The van der Waals surface area contributed by atoms with Crippen LogP contribution in [0.4, 0.5) is 5.69 Å². The highest BCUT2D eigenvalue weighted by molar-refractivity contribution is 7.89. The van der Waals surface area contributed by atoms with E-state index in [1.54, 1.807) is 30.3 Å². The first kappa shape index (κ1) is 22.8. The highest BCUT2D eigenvalue weighted by Crippen LogP contribution is 2.25. The van der Waals surface area contributed by atoms with Crippen molar-refractivity contribution in [3.05, 3.63) is 60.2 Å². The fourth-order valence-corrected chi connectivity index (χ4v) is 6.17. The average molecular weight is 456 g/mol. The van der Waals surface area contributed by atoms with E-state index in [-0.39, 0.29) is 11.8 Å². The van der Waals surface area contributed by atoms with Gasteiger partial charge in [0.15, 0.2) is 0 Å². The molecule has 0 radical (unpaired) electrons. The molecule has 1 amide bonds. The Labute approximate surface area is 191 Å². The highest BCUT2D eigenvalue weighted by Gasteiger charge is 2.31. The molecule has 1 N–H and O–H groups in total. The van der Waals surface area contributed by atoms with E-state index < -0.39 is 10.0 Å². The quantitative estimate of drug-likeness (QED) is 0.722. The summed E-state index contributed by atoms with van der Waals surface area (Å²) in [5.74, 6) is 0.596. The van der Waals surface area contributed by atoms with Crippen LogP contribution in [-0.2, 0) is 21.4 Å². The van der Waals surface area contributed by atoms with Crippen LogP contribution in [0.25, 0.3) is 0 Å². The van der Waals surface area contributed by atoms with Crippen LogP contribution in [0.15, 0.2) is 59.5 Å². The Hall–Kier alpha value is -2.38. The number of hydrogen-bond acceptors (Lipinski definition) is 4. The minimum absolute atomic E-state index is 0.00990. The minimum atomic E-state index is -3.49. The summed E-state index contributed by atoms with van der Waals surface area (Å²) in [6, 6.07) is 17.0.